The molecule has 6 heteroatoms. The molecule has 3 rings (SSSR count). The van der Waals surface area contributed by atoms with Crippen molar-refractivity contribution in [2.75, 3.05) is 6.54 Å². The van der Waals surface area contributed by atoms with Crippen LogP contribution in [-0.4, -0.2) is 44.9 Å². The lowest BCUT2D eigenvalue weighted by molar-refractivity contribution is -0.133. The van der Waals surface area contributed by atoms with E-state index in [-0.39, 0.29) is 30.6 Å². The van der Waals surface area contributed by atoms with Gasteiger partial charge in [-0.15, -0.1) is 0 Å². The fourth-order valence-corrected chi connectivity index (χ4v) is 4.13. The van der Waals surface area contributed by atoms with Crippen LogP contribution in [-0.2, 0) is 24.9 Å². The second-order valence-electron chi connectivity index (χ2n) is 8.85. The number of urea groups is 1. The van der Waals surface area contributed by atoms with Gasteiger partial charge in [-0.1, -0.05) is 49.6 Å². The zero-order valence-corrected chi connectivity index (χ0v) is 19.1. The quantitative estimate of drug-likeness (QED) is 0.687. The number of amides is 3. The van der Waals surface area contributed by atoms with Gasteiger partial charge in [-0.05, 0) is 44.4 Å². The molecule has 1 aliphatic rings. The van der Waals surface area contributed by atoms with E-state index in [1.165, 1.54) is 6.42 Å². The van der Waals surface area contributed by atoms with Crippen LogP contribution in [0.5, 0.6) is 0 Å². The number of nitrogens with one attached hydrogen (secondary N) is 1. The van der Waals surface area contributed by atoms with Gasteiger partial charge < -0.3 is 19.7 Å². The molecule has 1 fully saturated rings. The van der Waals surface area contributed by atoms with E-state index in [1.54, 1.807) is 4.90 Å². The van der Waals surface area contributed by atoms with Gasteiger partial charge in [0.15, 0.2) is 0 Å². The Hall–Kier alpha value is -2.76. The van der Waals surface area contributed by atoms with Gasteiger partial charge in [0.2, 0.25) is 5.91 Å². The van der Waals surface area contributed by atoms with Gasteiger partial charge in [-0.25, -0.2) is 4.79 Å². The lowest BCUT2D eigenvalue weighted by Crippen LogP contribution is -2.51. The summed E-state index contributed by atoms with van der Waals surface area (Å²) in [7, 11) is 1.98. The first kappa shape index (κ1) is 22.9. The molecule has 1 heterocycles. The number of nitrogens with zero attached hydrogens (tertiary/aromatic N) is 3. The van der Waals surface area contributed by atoms with Crippen molar-refractivity contribution in [3.05, 3.63) is 59.9 Å². The normalized spacial score (nSPS) is 14.5. The molecule has 0 aliphatic heterocycles. The van der Waals surface area contributed by atoms with E-state index in [0.29, 0.717) is 13.1 Å². The van der Waals surface area contributed by atoms with Crippen LogP contribution in [0.3, 0.4) is 0 Å². The molecule has 1 aromatic heterocycles. The van der Waals surface area contributed by atoms with Crippen molar-refractivity contribution in [2.24, 2.45) is 7.05 Å². The van der Waals surface area contributed by atoms with Crippen LogP contribution in [0.15, 0.2) is 48.7 Å². The standard InChI is InChI=1S/C25H36N4O2/c1-20(2)29(25(31)26-22-13-8-5-9-14-22)19-24(30)28(17-21-11-6-4-7-12-21)18-23-15-10-16-27(23)3/h4,6-7,10-12,15-16,20,22H,5,8-9,13-14,17-19H2,1-3H3,(H,26,31). The summed E-state index contributed by atoms with van der Waals surface area (Å²) in [5.41, 5.74) is 2.14. The Morgan fingerprint density at radius 2 is 1.74 bits per heavy atom. The fourth-order valence-electron chi connectivity index (χ4n) is 4.13. The summed E-state index contributed by atoms with van der Waals surface area (Å²) in [6.45, 7) is 5.03. The zero-order chi connectivity index (χ0) is 22.2. The van der Waals surface area contributed by atoms with Crippen molar-refractivity contribution in [1.29, 1.82) is 0 Å². The summed E-state index contributed by atoms with van der Waals surface area (Å²) in [5, 5.41) is 3.16. The third-order valence-electron chi connectivity index (χ3n) is 6.10. The number of carbonyl (C=O) groups excluding carboxylic acids is 2. The highest BCUT2D eigenvalue weighted by Gasteiger charge is 2.26. The Balaban J connectivity index is 1.71. The average Bonchev–Trinajstić information content (AvgIpc) is 3.17. The van der Waals surface area contributed by atoms with E-state index in [4.69, 9.17) is 0 Å². The first-order valence-corrected chi connectivity index (χ1v) is 11.4. The van der Waals surface area contributed by atoms with Gasteiger partial charge in [0.05, 0.1) is 6.54 Å². The van der Waals surface area contributed by atoms with Crippen LogP contribution in [0.1, 0.15) is 57.2 Å². The minimum absolute atomic E-state index is 0.0439. The maximum absolute atomic E-state index is 13.4. The van der Waals surface area contributed by atoms with Gasteiger partial charge in [0.1, 0.15) is 6.54 Å². The maximum atomic E-state index is 13.4. The van der Waals surface area contributed by atoms with Crippen LogP contribution in [0.2, 0.25) is 0 Å². The molecule has 2 aromatic rings. The molecule has 0 saturated heterocycles. The van der Waals surface area contributed by atoms with Crippen LogP contribution in [0, 0.1) is 0 Å². The molecule has 31 heavy (non-hydrogen) atoms. The van der Waals surface area contributed by atoms with Crippen LogP contribution in [0.4, 0.5) is 4.79 Å². The Morgan fingerprint density at radius 3 is 2.35 bits per heavy atom. The third kappa shape index (κ3) is 6.61. The first-order chi connectivity index (χ1) is 14.9. The molecule has 6 nitrogen and oxygen atoms in total. The highest BCUT2D eigenvalue weighted by atomic mass is 16.2. The van der Waals surface area contributed by atoms with E-state index in [9.17, 15) is 9.59 Å². The second-order valence-corrected chi connectivity index (χ2v) is 8.85. The zero-order valence-electron chi connectivity index (χ0n) is 19.1. The molecule has 0 radical (unpaired) electrons. The molecule has 0 unspecified atom stereocenters. The highest BCUT2D eigenvalue weighted by Crippen LogP contribution is 2.18. The van der Waals surface area contributed by atoms with E-state index in [2.05, 4.69) is 5.32 Å². The number of benzene rings is 1. The van der Waals surface area contributed by atoms with E-state index in [1.807, 2.05) is 79.0 Å². The Labute approximate surface area is 186 Å². The predicted octanol–water partition coefficient (Wildman–Crippen LogP) is 4.31. The van der Waals surface area contributed by atoms with Crippen LogP contribution in [0.25, 0.3) is 0 Å². The van der Waals surface area contributed by atoms with E-state index in [0.717, 1.165) is 36.9 Å². The van der Waals surface area contributed by atoms with E-state index >= 15 is 0 Å². The fraction of sp³-hybridized carbons (Fsp3) is 0.520. The summed E-state index contributed by atoms with van der Waals surface area (Å²) in [4.78, 5) is 29.9. The topological polar surface area (TPSA) is 57.6 Å². The SMILES string of the molecule is CC(C)N(CC(=O)N(Cc1ccccc1)Cc1cccn1C)C(=O)NC1CCCCC1. The molecule has 1 aromatic carbocycles. The minimum Gasteiger partial charge on any atom is -0.353 e. The van der Waals surface area contributed by atoms with Crippen molar-refractivity contribution in [3.63, 3.8) is 0 Å². The Morgan fingerprint density at radius 1 is 1.03 bits per heavy atom. The number of rotatable bonds is 8. The van der Waals surface area contributed by atoms with Gasteiger partial charge >= 0.3 is 6.03 Å². The summed E-state index contributed by atoms with van der Waals surface area (Å²) < 4.78 is 2.03. The van der Waals surface area contributed by atoms with Crippen LogP contribution >= 0.6 is 0 Å². The lowest BCUT2D eigenvalue weighted by Gasteiger charge is -2.32. The van der Waals surface area contributed by atoms with Crippen molar-refractivity contribution in [1.82, 2.24) is 19.7 Å². The van der Waals surface area contributed by atoms with E-state index < -0.39 is 0 Å². The predicted molar refractivity (Wildman–Crippen MR) is 123 cm³/mol. The van der Waals surface area contributed by atoms with Crippen molar-refractivity contribution in [2.45, 2.75) is 71.1 Å². The number of hydrogen-bond acceptors (Lipinski definition) is 2. The molecule has 1 saturated carbocycles. The van der Waals surface area contributed by atoms with Crippen molar-refractivity contribution in [3.8, 4) is 0 Å². The molecule has 0 atom stereocenters. The second kappa shape index (κ2) is 11.0. The van der Waals surface area contributed by atoms with Gasteiger partial charge in [-0.2, -0.15) is 0 Å². The Bertz CT molecular complexity index is 840. The molecule has 3 amide bonds. The molecule has 0 spiro atoms. The number of aryl methyl sites for hydroxylation is 1. The molecular weight excluding hydrogens is 388 g/mol. The molecule has 1 aliphatic carbocycles. The largest absolute Gasteiger partial charge is 0.353 e. The average molecular weight is 425 g/mol. The summed E-state index contributed by atoms with van der Waals surface area (Å²) in [6.07, 6.45) is 7.60. The smallest absolute Gasteiger partial charge is 0.318 e. The monoisotopic (exact) mass is 424 g/mol. The number of hydrogen-bond donors (Lipinski definition) is 1. The van der Waals surface area contributed by atoms with Crippen molar-refractivity contribution < 1.29 is 9.59 Å². The van der Waals surface area contributed by atoms with Crippen LogP contribution < -0.4 is 5.32 Å². The summed E-state index contributed by atoms with van der Waals surface area (Å²) in [5.74, 6) is -0.0439. The third-order valence-corrected chi connectivity index (χ3v) is 6.10. The number of aromatic nitrogens is 1. The minimum atomic E-state index is -0.131. The lowest BCUT2D eigenvalue weighted by atomic mass is 9.96. The molecular formula is C25H36N4O2. The van der Waals surface area contributed by atoms with Gasteiger partial charge in [-0.3, -0.25) is 4.79 Å². The van der Waals surface area contributed by atoms with Gasteiger partial charge in [0, 0.05) is 37.6 Å². The van der Waals surface area contributed by atoms with Crippen molar-refractivity contribution >= 4 is 11.9 Å². The summed E-state index contributed by atoms with van der Waals surface area (Å²) in [6, 6.07) is 14.1. The maximum Gasteiger partial charge on any atom is 0.318 e. The Kier molecular flexibility index (Phi) is 8.15. The summed E-state index contributed by atoms with van der Waals surface area (Å²) >= 11 is 0. The molecule has 0 bridgehead atoms. The number of carbonyl (C=O) groups is 2. The van der Waals surface area contributed by atoms with Gasteiger partial charge in [0.25, 0.3) is 0 Å². The molecule has 1 N–H and O–H groups in total. The molecule has 168 valence electrons. The highest BCUT2D eigenvalue weighted by molar-refractivity contribution is 5.84. The first-order valence-electron chi connectivity index (χ1n) is 11.4.